The Bertz CT molecular complexity index is 1210. The minimum absolute atomic E-state index is 0.200. The lowest BCUT2D eigenvalue weighted by Gasteiger charge is -2.28. The molecule has 0 atom stereocenters. The zero-order chi connectivity index (χ0) is 20.4. The molecule has 0 spiro atoms. The first-order chi connectivity index (χ1) is 14.0. The number of fused-ring (bicyclic) bond motifs is 1. The summed E-state index contributed by atoms with van der Waals surface area (Å²) in [6.07, 6.45) is 4.24. The van der Waals surface area contributed by atoms with Gasteiger partial charge in [0.15, 0.2) is 5.82 Å². The third-order valence-corrected chi connectivity index (χ3v) is 5.33. The number of rotatable bonds is 3. The lowest BCUT2D eigenvalue weighted by molar-refractivity contribution is 0.275. The second-order valence-electron chi connectivity index (χ2n) is 7.27. The van der Waals surface area contributed by atoms with Crippen molar-refractivity contribution in [2.75, 3.05) is 13.1 Å². The fourth-order valence-corrected chi connectivity index (χ4v) is 3.67. The van der Waals surface area contributed by atoms with Crippen LogP contribution < -0.4 is 11.2 Å². The third-order valence-electron chi connectivity index (χ3n) is 5.33. The molecule has 7 nitrogen and oxygen atoms in total. The normalized spacial score (nSPS) is 13.6. The number of imidazole rings is 1. The Labute approximate surface area is 168 Å². The van der Waals surface area contributed by atoms with E-state index in [1.165, 1.54) is 4.57 Å². The number of hydrogen-bond donors (Lipinski definition) is 0. The molecule has 0 radical (unpaired) electrons. The highest BCUT2D eigenvalue weighted by Crippen LogP contribution is 2.14. The van der Waals surface area contributed by atoms with Gasteiger partial charge in [-0.3, -0.25) is 14.3 Å². The molecular formula is C22H23N5O2. The molecule has 2 aromatic heterocycles. The Morgan fingerprint density at radius 2 is 1.93 bits per heavy atom. The minimum atomic E-state index is -0.263. The van der Waals surface area contributed by atoms with Crippen LogP contribution in [-0.4, -0.2) is 36.7 Å². The number of benzene rings is 1. The summed E-state index contributed by atoms with van der Waals surface area (Å²) in [4.78, 5) is 32.2. The molecule has 3 heterocycles. The lowest BCUT2D eigenvalue weighted by Crippen LogP contribution is -2.47. The predicted molar refractivity (Wildman–Crippen MR) is 111 cm³/mol. The van der Waals surface area contributed by atoms with E-state index >= 15 is 0 Å². The van der Waals surface area contributed by atoms with Gasteiger partial charge in [0.25, 0.3) is 5.56 Å². The summed E-state index contributed by atoms with van der Waals surface area (Å²) >= 11 is 0. The molecule has 0 saturated carbocycles. The van der Waals surface area contributed by atoms with E-state index in [0.717, 1.165) is 23.6 Å². The van der Waals surface area contributed by atoms with E-state index in [0.29, 0.717) is 25.1 Å². The van der Waals surface area contributed by atoms with Gasteiger partial charge >= 0.3 is 5.69 Å². The van der Waals surface area contributed by atoms with Crippen LogP contribution in [0.4, 0.5) is 0 Å². The number of hydrogen-bond acceptors (Lipinski definition) is 4. The first-order valence-electron chi connectivity index (χ1n) is 9.58. The molecule has 0 unspecified atom stereocenters. The van der Waals surface area contributed by atoms with E-state index in [2.05, 4.69) is 21.7 Å². The lowest BCUT2D eigenvalue weighted by atomic mass is 10.1. The summed E-state index contributed by atoms with van der Waals surface area (Å²) in [5.41, 5.74) is 1.99. The molecule has 0 fully saturated rings. The summed E-state index contributed by atoms with van der Waals surface area (Å²) in [5.74, 6) is 6.93. The van der Waals surface area contributed by atoms with Gasteiger partial charge in [-0.05, 0) is 11.5 Å². The van der Waals surface area contributed by atoms with Gasteiger partial charge in [0.2, 0.25) is 0 Å². The summed E-state index contributed by atoms with van der Waals surface area (Å²) in [6.45, 7) is 2.08. The Balaban J connectivity index is 1.60. The molecule has 0 saturated heterocycles. The van der Waals surface area contributed by atoms with Gasteiger partial charge in [-0.2, -0.15) is 0 Å². The van der Waals surface area contributed by atoms with E-state index in [9.17, 15) is 9.59 Å². The highest BCUT2D eigenvalue weighted by atomic mass is 16.2. The van der Waals surface area contributed by atoms with Crippen LogP contribution in [0.5, 0.6) is 0 Å². The summed E-state index contributed by atoms with van der Waals surface area (Å²) < 4.78 is 4.82. The topological polar surface area (TPSA) is 65.1 Å². The van der Waals surface area contributed by atoms with Crippen LogP contribution in [0.1, 0.15) is 22.6 Å². The monoisotopic (exact) mass is 389 g/mol. The van der Waals surface area contributed by atoms with Crippen LogP contribution >= 0.6 is 0 Å². The molecule has 0 amide bonds. The minimum Gasteiger partial charge on any atom is -0.327 e. The molecule has 3 aromatic rings. The SMILES string of the molecule is Cn1ccnc1C#CCN1CCc2c(c(=O)n(Cc3ccccc3)c(=O)n2C)C1. The van der Waals surface area contributed by atoms with Crippen LogP contribution in [0.15, 0.2) is 52.3 Å². The Morgan fingerprint density at radius 1 is 1.14 bits per heavy atom. The highest BCUT2D eigenvalue weighted by molar-refractivity contribution is 5.25. The van der Waals surface area contributed by atoms with Crippen molar-refractivity contribution >= 4 is 0 Å². The van der Waals surface area contributed by atoms with Crippen molar-refractivity contribution in [3.05, 3.63) is 86.2 Å². The molecule has 29 heavy (non-hydrogen) atoms. The number of aromatic nitrogens is 4. The maximum atomic E-state index is 13.1. The smallest absolute Gasteiger partial charge is 0.327 e. The van der Waals surface area contributed by atoms with Gasteiger partial charge in [0, 0.05) is 51.7 Å². The van der Waals surface area contributed by atoms with E-state index in [1.807, 2.05) is 48.1 Å². The van der Waals surface area contributed by atoms with Crippen LogP contribution in [0.3, 0.4) is 0 Å². The highest BCUT2D eigenvalue weighted by Gasteiger charge is 2.23. The van der Waals surface area contributed by atoms with Crippen LogP contribution in [0.2, 0.25) is 0 Å². The number of aryl methyl sites for hydroxylation is 1. The molecule has 148 valence electrons. The van der Waals surface area contributed by atoms with Crippen molar-refractivity contribution in [3.8, 4) is 11.8 Å². The number of nitrogens with zero attached hydrogens (tertiary/aromatic N) is 5. The third kappa shape index (κ3) is 3.80. The van der Waals surface area contributed by atoms with Crippen molar-refractivity contribution in [2.45, 2.75) is 19.5 Å². The molecule has 1 aliphatic heterocycles. The molecule has 1 aromatic carbocycles. The summed E-state index contributed by atoms with van der Waals surface area (Å²) in [5, 5.41) is 0. The zero-order valence-electron chi connectivity index (χ0n) is 16.6. The molecule has 0 N–H and O–H groups in total. The van der Waals surface area contributed by atoms with Crippen molar-refractivity contribution in [1.82, 2.24) is 23.6 Å². The maximum absolute atomic E-state index is 13.1. The first-order valence-corrected chi connectivity index (χ1v) is 9.58. The Morgan fingerprint density at radius 3 is 2.66 bits per heavy atom. The van der Waals surface area contributed by atoms with Gasteiger partial charge < -0.3 is 9.13 Å². The van der Waals surface area contributed by atoms with E-state index in [-0.39, 0.29) is 17.8 Å². The molecule has 0 bridgehead atoms. The van der Waals surface area contributed by atoms with Crippen LogP contribution in [0.25, 0.3) is 0 Å². The quantitative estimate of drug-likeness (QED) is 0.620. The molecular weight excluding hydrogens is 366 g/mol. The van der Waals surface area contributed by atoms with E-state index in [4.69, 9.17) is 0 Å². The van der Waals surface area contributed by atoms with Crippen molar-refractivity contribution in [1.29, 1.82) is 0 Å². The van der Waals surface area contributed by atoms with Gasteiger partial charge in [0.1, 0.15) is 0 Å². The van der Waals surface area contributed by atoms with Crippen molar-refractivity contribution in [3.63, 3.8) is 0 Å². The fourth-order valence-electron chi connectivity index (χ4n) is 3.67. The average molecular weight is 389 g/mol. The standard InChI is InChI=1S/C22H23N5O2/c1-24-14-11-23-20(24)9-6-12-26-13-10-19-18(16-26)21(28)27(22(29)25(19)2)15-17-7-4-3-5-8-17/h3-5,7-8,11,14H,10,12-13,15-16H2,1-2H3. The second-order valence-corrected chi connectivity index (χ2v) is 7.27. The fraction of sp³-hybridized carbons (Fsp3) is 0.318. The zero-order valence-corrected chi connectivity index (χ0v) is 16.6. The Hall–Kier alpha value is -3.37. The molecule has 4 rings (SSSR count). The van der Waals surface area contributed by atoms with Gasteiger partial charge in [-0.25, -0.2) is 9.78 Å². The van der Waals surface area contributed by atoms with E-state index < -0.39 is 0 Å². The summed E-state index contributed by atoms with van der Waals surface area (Å²) in [6, 6.07) is 9.58. The average Bonchev–Trinajstić information content (AvgIpc) is 3.15. The van der Waals surface area contributed by atoms with Crippen LogP contribution in [-0.2, 0) is 33.6 Å². The summed E-state index contributed by atoms with van der Waals surface area (Å²) in [7, 11) is 3.66. The molecule has 7 heteroatoms. The molecule has 1 aliphatic rings. The van der Waals surface area contributed by atoms with Gasteiger partial charge in [-0.1, -0.05) is 36.3 Å². The largest absolute Gasteiger partial charge is 0.331 e. The first kappa shape index (κ1) is 19.0. The van der Waals surface area contributed by atoms with Crippen LogP contribution in [0, 0.1) is 11.8 Å². The Kier molecular flexibility index (Phi) is 5.19. The van der Waals surface area contributed by atoms with E-state index in [1.54, 1.807) is 17.8 Å². The van der Waals surface area contributed by atoms with Gasteiger partial charge in [-0.15, -0.1) is 0 Å². The van der Waals surface area contributed by atoms with Crippen molar-refractivity contribution in [2.24, 2.45) is 14.1 Å². The molecule has 0 aliphatic carbocycles. The maximum Gasteiger partial charge on any atom is 0.331 e. The second kappa shape index (κ2) is 7.94. The van der Waals surface area contributed by atoms with Gasteiger partial charge in [0.05, 0.1) is 18.7 Å². The van der Waals surface area contributed by atoms with Crippen molar-refractivity contribution < 1.29 is 0 Å². The predicted octanol–water partition coefficient (Wildman–Crippen LogP) is 0.739.